The van der Waals surface area contributed by atoms with E-state index in [2.05, 4.69) is 12.3 Å². The van der Waals surface area contributed by atoms with Gasteiger partial charge in [0.15, 0.2) is 0 Å². The Balaban J connectivity index is 2.52. The molecule has 0 spiro atoms. The van der Waals surface area contributed by atoms with E-state index in [9.17, 15) is 8.42 Å². The second-order valence-corrected chi connectivity index (χ2v) is 5.74. The van der Waals surface area contributed by atoms with Crippen LogP contribution in [0.4, 0.5) is 0 Å². The smallest absolute Gasteiger partial charge is 0.207 e. The van der Waals surface area contributed by atoms with Crippen LogP contribution in [0.1, 0.15) is 19.3 Å². The van der Waals surface area contributed by atoms with Gasteiger partial charge in [0.05, 0.1) is 10.3 Å². The van der Waals surface area contributed by atoms with Gasteiger partial charge in [0.2, 0.25) is 9.84 Å². The van der Waals surface area contributed by atoms with Gasteiger partial charge in [-0.2, -0.15) is 0 Å². The molecule has 0 heterocycles. The lowest BCUT2D eigenvalue weighted by atomic mass is 10.2. The molecule has 0 amide bonds. The van der Waals surface area contributed by atoms with Gasteiger partial charge in [0, 0.05) is 0 Å². The van der Waals surface area contributed by atoms with Crippen LogP contribution >= 0.6 is 0 Å². The first-order valence-electron chi connectivity index (χ1n) is 6.15. The van der Waals surface area contributed by atoms with Crippen LogP contribution in [0.15, 0.2) is 77.2 Å². The van der Waals surface area contributed by atoms with Gasteiger partial charge in [-0.15, -0.1) is 5.73 Å². The fourth-order valence-corrected chi connectivity index (χ4v) is 2.38. The zero-order valence-electron chi connectivity index (χ0n) is 10.8. The normalized spacial score (nSPS) is 10.9. The summed E-state index contributed by atoms with van der Waals surface area (Å²) in [7, 11) is -3.36. The van der Waals surface area contributed by atoms with Crippen LogP contribution in [0.5, 0.6) is 0 Å². The number of rotatable bonds is 7. The Morgan fingerprint density at radius 3 is 2.58 bits per heavy atom. The summed E-state index contributed by atoms with van der Waals surface area (Å²) in [6, 6.07) is 8.35. The standard InChI is InChI=1S/C16H18O2S/c1-2-3-4-5-6-7-8-12-15-19(17,18)16-13-10-9-11-14-16/h2-4,8-11,13-15H,1,5-7H2/b4-3+. The molecule has 0 N–H and O–H groups in total. The second-order valence-electron chi connectivity index (χ2n) is 3.94. The average molecular weight is 274 g/mol. The summed E-state index contributed by atoms with van der Waals surface area (Å²) in [5, 5.41) is 1.13. The molecule has 1 aromatic rings. The Hall–Kier alpha value is -1.83. The molecule has 0 aliphatic rings. The zero-order valence-corrected chi connectivity index (χ0v) is 11.6. The third kappa shape index (κ3) is 6.05. The molecule has 2 nitrogen and oxygen atoms in total. The van der Waals surface area contributed by atoms with E-state index in [1.807, 2.05) is 12.2 Å². The molecule has 0 radical (unpaired) electrons. The van der Waals surface area contributed by atoms with Gasteiger partial charge >= 0.3 is 0 Å². The average Bonchev–Trinajstić information content (AvgIpc) is 2.43. The van der Waals surface area contributed by atoms with Crippen LogP contribution in [-0.4, -0.2) is 8.42 Å². The molecule has 0 saturated carbocycles. The molecular formula is C16H18O2S. The molecule has 0 unspecified atom stereocenters. The molecule has 100 valence electrons. The van der Waals surface area contributed by atoms with E-state index in [4.69, 9.17) is 0 Å². The lowest BCUT2D eigenvalue weighted by molar-refractivity contribution is 0.604. The molecule has 1 aromatic carbocycles. The van der Waals surface area contributed by atoms with Gasteiger partial charge in [0.25, 0.3) is 0 Å². The predicted octanol–water partition coefficient (Wildman–Crippen LogP) is 4.04. The number of hydrogen-bond donors (Lipinski definition) is 0. The number of unbranched alkanes of at least 4 members (excludes halogenated alkanes) is 2. The molecule has 19 heavy (non-hydrogen) atoms. The van der Waals surface area contributed by atoms with Crippen molar-refractivity contribution in [1.82, 2.24) is 0 Å². The summed E-state index contributed by atoms with van der Waals surface area (Å²) < 4.78 is 23.7. The Kier molecular flexibility index (Phi) is 6.65. The molecule has 1 rings (SSSR count). The van der Waals surface area contributed by atoms with E-state index >= 15 is 0 Å². The van der Waals surface area contributed by atoms with Crippen LogP contribution in [0.3, 0.4) is 0 Å². The molecule has 0 aliphatic carbocycles. The highest BCUT2D eigenvalue weighted by molar-refractivity contribution is 7.94. The summed E-state index contributed by atoms with van der Waals surface area (Å²) in [6.07, 6.45) is 10.2. The van der Waals surface area contributed by atoms with Crippen molar-refractivity contribution in [3.8, 4) is 0 Å². The molecule has 0 saturated heterocycles. The van der Waals surface area contributed by atoms with Gasteiger partial charge < -0.3 is 0 Å². The quantitative estimate of drug-likeness (QED) is 0.427. The van der Waals surface area contributed by atoms with E-state index < -0.39 is 9.84 Å². The number of sulfone groups is 1. The first-order valence-corrected chi connectivity index (χ1v) is 7.70. The van der Waals surface area contributed by atoms with Crippen molar-refractivity contribution in [2.75, 3.05) is 0 Å². The van der Waals surface area contributed by atoms with Crippen molar-refractivity contribution >= 4 is 9.84 Å². The highest BCUT2D eigenvalue weighted by Crippen LogP contribution is 2.10. The first-order chi connectivity index (χ1) is 9.17. The van der Waals surface area contributed by atoms with Gasteiger partial charge in [0.1, 0.15) is 0 Å². The van der Waals surface area contributed by atoms with Crippen LogP contribution in [-0.2, 0) is 9.84 Å². The van der Waals surface area contributed by atoms with Crippen LogP contribution in [0.25, 0.3) is 0 Å². The highest BCUT2D eigenvalue weighted by atomic mass is 32.2. The Bertz CT molecular complexity index is 574. The molecule has 0 atom stereocenters. The maximum absolute atomic E-state index is 11.8. The Labute approximate surface area is 115 Å². The zero-order chi connectivity index (χ0) is 14.0. The van der Waals surface area contributed by atoms with E-state index in [1.54, 1.807) is 42.5 Å². The minimum Gasteiger partial charge on any atom is -0.218 e. The summed E-state index contributed by atoms with van der Waals surface area (Å²) in [4.78, 5) is 0.296. The van der Waals surface area contributed by atoms with E-state index in [1.165, 1.54) is 0 Å². The topological polar surface area (TPSA) is 34.1 Å². The van der Waals surface area contributed by atoms with E-state index in [0.29, 0.717) is 4.90 Å². The molecule has 0 aliphatic heterocycles. The predicted molar refractivity (Wildman–Crippen MR) is 79.5 cm³/mol. The van der Waals surface area contributed by atoms with Gasteiger partial charge in [-0.05, 0) is 37.5 Å². The Morgan fingerprint density at radius 2 is 1.89 bits per heavy atom. The third-order valence-electron chi connectivity index (χ3n) is 2.40. The highest BCUT2D eigenvalue weighted by Gasteiger charge is 2.07. The minimum atomic E-state index is -3.36. The molecule has 3 heteroatoms. The fraction of sp³-hybridized carbons (Fsp3) is 0.188. The van der Waals surface area contributed by atoms with Crippen molar-refractivity contribution in [2.24, 2.45) is 0 Å². The van der Waals surface area contributed by atoms with Gasteiger partial charge in [-0.3, -0.25) is 0 Å². The van der Waals surface area contributed by atoms with Crippen LogP contribution in [0.2, 0.25) is 0 Å². The monoisotopic (exact) mass is 274 g/mol. The van der Waals surface area contributed by atoms with E-state index in [-0.39, 0.29) is 0 Å². The number of allylic oxidation sites excluding steroid dienone is 4. The molecular weight excluding hydrogens is 256 g/mol. The summed E-state index contributed by atoms with van der Waals surface area (Å²) in [5.74, 6) is 0. The van der Waals surface area contributed by atoms with Crippen LogP contribution in [0, 0.1) is 0 Å². The fourth-order valence-electron chi connectivity index (χ4n) is 1.43. The SMILES string of the molecule is C=C/C=C/CCCC=C=CS(=O)(=O)c1ccccc1. The summed E-state index contributed by atoms with van der Waals surface area (Å²) >= 11 is 0. The van der Waals surface area contributed by atoms with Crippen LogP contribution < -0.4 is 0 Å². The molecule has 0 bridgehead atoms. The number of benzene rings is 1. The van der Waals surface area contributed by atoms with Crippen molar-refractivity contribution in [3.63, 3.8) is 0 Å². The first kappa shape index (κ1) is 15.2. The van der Waals surface area contributed by atoms with Gasteiger partial charge in [-0.25, -0.2) is 8.42 Å². The van der Waals surface area contributed by atoms with Crippen molar-refractivity contribution in [1.29, 1.82) is 0 Å². The lowest BCUT2D eigenvalue weighted by Crippen LogP contribution is -1.94. The Morgan fingerprint density at radius 1 is 1.16 bits per heavy atom. The molecule has 0 aromatic heterocycles. The maximum atomic E-state index is 11.8. The molecule has 0 fully saturated rings. The van der Waals surface area contributed by atoms with Crippen molar-refractivity contribution in [3.05, 3.63) is 72.4 Å². The maximum Gasteiger partial charge on any atom is 0.207 e. The van der Waals surface area contributed by atoms with Gasteiger partial charge in [-0.1, -0.05) is 43.0 Å². The van der Waals surface area contributed by atoms with E-state index in [0.717, 1.165) is 24.7 Å². The van der Waals surface area contributed by atoms with Crippen molar-refractivity contribution in [2.45, 2.75) is 24.2 Å². The lowest BCUT2D eigenvalue weighted by Gasteiger charge is -1.95. The number of hydrogen-bond acceptors (Lipinski definition) is 2. The summed E-state index contributed by atoms with van der Waals surface area (Å²) in [6.45, 7) is 3.59. The third-order valence-corrected chi connectivity index (χ3v) is 3.78. The van der Waals surface area contributed by atoms with Crippen molar-refractivity contribution < 1.29 is 8.42 Å². The largest absolute Gasteiger partial charge is 0.218 e. The summed E-state index contributed by atoms with van der Waals surface area (Å²) in [5.41, 5.74) is 2.73. The minimum absolute atomic E-state index is 0.296. The second kappa shape index (κ2) is 8.30.